The molecular weight excluding hydrogens is 629 g/mol. The van der Waals surface area contributed by atoms with Gasteiger partial charge < -0.3 is 13.9 Å². The van der Waals surface area contributed by atoms with E-state index in [0.29, 0.717) is 40.5 Å². The van der Waals surface area contributed by atoms with Crippen molar-refractivity contribution in [1.29, 1.82) is 0 Å². The topological polar surface area (TPSA) is 61.5 Å². The molecule has 0 radical (unpaired) electrons. The van der Waals surface area contributed by atoms with Crippen molar-refractivity contribution >= 4 is 38.1 Å². The van der Waals surface area contributed by atoms with E-state index in [1.54, 1.807) is 0 Å². The Morgan fingerprint density at radius 3 is 1.33 bits per heavy atom. The summed E-state index contributed by atoms with van der Waals surface area (Å²) in [6, 6.07) is 53.8. The van der Waals surface area contributed by atoms with Crippen LogP contribution in [0.2, 0.25) is 0 Å². The third-order valence-electron chi connectivity index (χ3n) is 9.82. The predicted octanol–water partition coefficient (Wildman–Crippen LogP) is 11.6. The highest BCUT2D eigenvalue weighted by atomic mass is 16.6. The summed E-state index contributed by atoms with van der Waals surface area (Å²) in [5.74, 6) is 4.34. The van der Waals surface area contributed by atoms with Gasteiger partial charge in [-0.25, -0.2) is 15.0 Å². The highest BCUT2D eigenvalue weighted by Crippen LogP contribution is 2.49. The van der Waals surface area contributed by atoms with Crippen LogP contribution in [0.4, 0.5) is 0 Å². The first-order valence-corrected chi connectivity index (χ1v) is 16.9. The first kappa shape index (κ1) is 27.9. The number of hydrogen-bond donors (Lipinski definition) is 0. The van der Waals surface area contributed by atoms with Crippen LogP contribution in [0.15, 0.2) is 158 Å². The van der Waals surface area contributed by atoms with Crippen LogP contribution in [0.25, 0.3) is 83.4 Å². The highest BCUT2D eigenvalue weighted by Gasteiger charge is 2.23. The van der Waals surface area contributed by atoms with Crippen LogP contribution >= 0.6 is 0 Å². The lowest BCUT2D eigenvalue weighted by molar-refractivity contribution is 0.360. The number of hydrogen-bond acceptors (Lipinski definition) is 5. The van der Waals surface area contributed by atoms with Gasteiger partial charge in [-0.15, -0.1) is 0 Å². The van der Waals surface area contributed by atoms with E-state index in [9.17, 15) is 0 Å². The molecule has 0 bridgehead atoms. The van der Waals surface area contributed by atoms with Crippen LogP contribution in [-0.2, 0) is 0 Å². The molecule has 0 saturated heterocycles. The van der Waals surface area contributed by atoms with Crippen LogP contribution < -0.4 is 9.47 Å². The van der Waals surface area contributed by atoms with Crippen molar-refractivity contribution in [2.45, 2.75) is 0 Å². The summed E-state index contributed by atoms with van der Waals surface area (Å²) in [5, 5.41) is 4.98. The van der Waals surface area contributed by atoms with Gasteiger partial charge in [0.2, 0.25) is 0 Å². The highest BCUT2D eigenvalue weighted by molar-refractivity contribution is 6.24. The Balaban J connectivity index is 0.981. The quantitative estimate of drug-likeness (QED) is 0.189. The fourth-order valence-electron chi connectivity index (χ4n) is 7.45. The lowest BCUT2D eigenvalue weighted by atomic mass is 9.99. The van der Waals surface area contributed by atoms with Gasteiger partial charge in [-0.1, -0.05) is 103 Å². The van der Waals surface area contributed by atoms with Crippen molar-refractivity contribution in [1.82, 2.24) is 19.4 Å². The fraction of sp³-hybridized carbons (Fsp3) is 0. The summed E-state index contributed by atoms with van der Waals surface area (Å²) in [6.07, 6.45) is 0. The maximum atomic E-state index is 6.50. The average molecular weight is 655 g/mol. The molecule has 3 aromatic heterocycles. The molecule has 10 aromatic rings. The molecule has 238 valence electrons. The minimum absolute atomic E-state index is 0.557. The molecule has 0 amide bonds. The monoisotopic (exact) mass is 654 g/mol. The molecule has 4 heterocycles. The Morgan fingerprint density at radius 2 is 0.784 bits per heavy atom. The first-order valence-electron chi connectivity index (χ1n) is 16.9. The van der Waals surface area contributed by atoms with E-state index in [1.165, 1.54) is 38.1 Å². The fourth-order valence-corrected chi connectivity index (χ4v) is 7.45. The van der Waals surface area contributed by atoms with E-state index < -0.39 is 0 Å². The summed E-state index contributed by atoms with van der Waals surface area (Å²) in [6.45, 7) is 0. The third kappa shape index (κ3) is 4.33. The van der Waals surface area contributed by atoms with E-state index in [0.717, 1.165) is 27.8 Å². The lowest BCUT2D eigenvalue weighted by Gasteiger charge is -2.22. The molecule has 0 fully saturated rings. The summed E-state index contributed by atoms with van der Waals surface area (Å²) >= 11 is 0. The predicted molar refractivity (Wildman–Crippen MR) is 203 cm³/mol. The second-order valence-electron chi connectivity index (χ2n) is 12.9. The van der Waals surface area contributed by atoms with Crippen LogP contribution in [-0.4, -0.2) is 19.4 Å². The summed E-state index contributed by atoms with van der Waals surface area (Å²) in [5.41, 5.74) is 8.53. The number of fused-ring (bicyclic) bond motifs is 8. The number of para-hydroxylation sites is 2. The van der Waals surface area contributed by atoms with Crippen molar-refractivity contribution in [3.8, 4) is 68.3 Å². The Bertz CT molecular complexity index is 2830. The zero-order valence-corrected chi connectivity index (χ0v) is 27.1. The summed E-state index contributed by atoms with van der Waals surface area (Å²) < 4.78 is 15.4. The third-order valence-corrected chi connectivity index (χ3v) is 9.82. The second kappa shape index (κ2) is 10.7. The average Bonchev–Trinajstić information content (AvgIpc) is 3.72. The maximum absolute atomic E-state index is 6.50. The second-order valence-corrected chi connectivity index (χ2v) is 12.9. The molecule has 0 aliphatic carbocycles. The van der Waals surface area contributed by atoms with Crippen LogP contribution in [0, 0.1) is 0 Å². The van der Waals surface area contributed by atoms with E-state index in [2.05, 4.69) is 77.2 Å². The zero-order valence-electron chi connectivity index (χ0n) is 27.1. The Labute approximate surface area is 292 Å². The standard InChI is InChI=1S/C45H26N4O2/c1-3-11-27(12-4-1)43-46-44(28-13-5-2-6-14-28)48-45(47-43)30-20-22-39-41(26-30)51-38-21-19-29(25-40(38)50-39)31-23-34-32-15-7-9-17-36(32)49-37-18-10-8-16-33(37)35(24-31)42(34)49/h1-26H. The first-order chi connectivity index (χ1) is 25.2. The molecule has 0 N–H and O–H groups in total. The number of nitrogens with zero attached hydrogens (tertiary/aromatic N) is 4. The summed E-state index contributed by atoms with van der Waals surface area (Å²) in [4.78, 5) is 14.6. The van der Waals surface area contributed by atoms with Gasteiger partial charge >= 0.3 is 0 Å². The number of aromatic nitrogens is 4. The molecule has 0 unspecified atom stereocenters. The lowest BCUT2D eigenvalue weighted by Crippen LogP contribution is -2.02. The van der Waals surface area contributed by atoms with Crippen molar-refractivity contribution in [3.63, 3.8) is 0 Å². The SMILES string of the molecule is c1ccc(-c2nc(-c3ccccc3)nc(-c3ccc4c(c3)Oc3ccc(-c5cc6c7ccccc7n7c8ccccc8c(c5)c67)cc3O4)n2)cc1. The normalized spacial score (nSPS) is 12.2. The van der Waals surface area contributed by atoms with Crippen LogP contribution in [0.5, 0.6) is 23.0 Å². The van der Waals surface area contributed by atoms with Gasteiger partial charge in [0.05, 0.1) is 16.6 Å². The molecule has 1 aliphatic heterocycles. The molecular formula is C45H26N4O2. The molecule has 11 rings (SSSR count). The molecule has 1 aliphatic rings. The number of rotatable bonds is 4. The van der Waals surface area contributed by atoms with Gasteiger partial charge in [0.1, 0.15) is 0 Å². The van der Waals surface area contributed by atoms with Gasteiger partial charge in [-0.05, 0) is 65.7 Å². The van der Waals surface area contributed by atoms with Gasteiger partial charge in [0.15, 0.2) is 40.5 Å². The van der Waals surface area contributed by atoms with E-state index in [-0.39, 0.29) is 0 Å². The Hall–Kier alpha value is -7.05. The van der Waals surface area contributed by atoms with Crippen molar-refractivity contribution < 1.29 is 9.47 Å². The number of ether oxygens (including phenoxy) is 2. The smallest absolute Gasteiger partial charge is 0.170 e. The van der Waals surface area contributed by atoms with Crippen molar-refractivity contribution in [3.05, 3.63) is 158 Å². The van der Waals surface area contributed by atoms with Gasteiger partial charge in [-0.2, -0.15) is 0 Å². The van der Waals surface area contributed by atoms with Crippen molar-refractivity contribution in [2.24, 2.45) is 0 Å². The van der Waals surface area contributed by atoms with Gasteiger partial charge in [0.25, 0.3) is 0 Å². The molecule has 51 heavy (non-hydrogen) atoms. The minimum Gasteiger partial charge on any atom is -0.449 e. The van der Waals surface area contributed by atoms with E-state index in [1.807, 2.05) is 84.9 Å². The van der Waals surface area contributed by atoms with E-state index >= 15 is 0 Å². The zero-order chi connectivity index (χ0) is 33.5. The molecule has 6 heteroatoms. The Morgan fingerprint density at radius 1 is 0.333 bits per heavy atom. The van der Waals surface area contributed by atoms with Gasteiger partial charge in [0, 0.05) is 38.2 Å². The molecule has 7 aromatic carbocycles. The molecule has 0 atom stereocenters. The van der Waals surface area contributed by atoms with E-state index in [4.69, 9.17) is 24.4 Å². The van der Waals surface area contributed by atoms with Crippen LogP contribution in [0.1, 0.15) is 0 Å². The molecule has 0 spiro atoms. The van der Waals surface area contributed by atoms with Crippen LogP contribution in [0.3, 0.4) is 0 Å². The maximum Gasteiger partial charge on any atom is 0.170 e. The number of benzene rings is 7. The molecule has 0 saturated carbocycles. The largest absolute Gasteiger partial charge is 0.449 e. The molecule has 6 nitrogen and oxygen atoms in total. The minimum atomic E-state index is 0.557. The Kier molecular flexibility index (Phi) is 5.86. The van der Waals surface area contributed by atoms with Gasteiger partial charge in [-0.3, -0.25) is 0 Å². The van der Waals surface area contributed by atoms with Crippen molar-refractivity contribution in [2.75, 3.05) is 0 Å². The summed E-state index contributed by atoms with van der Waals surface area (Å²) in [7, 11) is 0.